The van der Waals surface area contributed by atoms with Gasteiger partial charge in [0.25, 0.3) is 5.91 Å². The summed E-state index contributed by atoms with van der Waals surface area (Å²) in [6.07, 6.45) is 1.06. The van der Waals surface area contributed by atoms with Crippen LogP contribution < -0.4 is 10.6 Å². The number of rotatable bonds is 8. The highest BCUT2D eigenvalue weighted by molar-refractivity contribution is 7.12. The van der Waals surface area contributed by atoms with E-state index in [9.17, 15) is 14.4 Å². The van der Waals surface area contributed by atoms with Crippen molar-refractivity contribution < 1.29 is 14.4 Å². The van der Waals surface area contributed by atoms with Crippen LogP contribution in [-0.2, 0) is 9.59 Å². The first-order valence-corrected chi connectivity index (χ1v) is 9.95. The molecule has 0 unspecified atom stereocenters. The zero-order valence-electron chi connectivity index (χ0n) is 15.5. The van der Waals surface area contributed by atoms with Crippen molar-refractivity contribution in [2.45, 2.75) is 32.7 Å². The maximum absolute atomic E-state index is 12.3. The molecular weight excluding hydrogens is 352 g/mol. The van der Waals surface area contributed by atoms with Crippen LogP contribution >= 0.6 is 11.3 Å². The lowest BCUT2D eigenvalue weighted by atomic mass is 10.2. The molecule has 1 aliphatic heterocycles. The second-order valence-corrected chi connectivity index (χ2v) is 7.66. The summed E-state index contributed by atoms with van der Waals surface area (Å²) in [5, 5.41) is 7.58. The van der Waals surface area contributed by atoms with E-state index >= 15 is 0 Å². The molecule has 144 valence electrons. The van der Waals surface area contributed by atoms with Gasteiger partial charge in [0.2, 0.25) is 11.8 Å². The van der Waals surface area contributed by atoms with E-state index in [4.69, 9.17) is 0 Å². The summed E-state index contributed by atoms with van der Waals surface area (Å²) in [7, 11) is 0. The van der Waals surface area contributed by atoms with E-state index in [1.807, 2.05) is 30.2 Å². The molecule has 0 saturated carbocycles. The maximum atomic E-state index is 12.3. The van der Waals surface area contributed by atoms with Gasteiger partial charge in [0.05, 0.1) is 11.4 Å². The molecule has 1 aromatic heterocycles. The van der Waals surface area contributed by atoms with E-state index in [1.165, 1.54) is 11.3 Å². The molecule has 0 aliphatic carbocycles. The largest absolute Gasteiger partial charge is 0.353 e. The van der Waals surface area contributed by atoms with Gasteiger partial charge < -0.3 is 15.5 Å². The molecule has 0 radical (unpaired) electrons. The molecule has 0 atom stereocenters. The average Bonchev–Trinajstić information content (AvgIpc) is 3.13. The van der Waals surface area contributed by atoms with E-state index in [1.54, 1.807) is 6.07 Å². The lowest BCUT2D eigenvalue weighted by molar-refractivity contribution is -0.133. The third-order valence-electron chi connectivity index (χ3n) is 4.14. The van der Waals surface area contributed by atoms with Crippen molar-refractivity contribution >= 4 is 29.1 Å². The smallest absolute Gasteiger partial charge is 0.261 e. The van der Waals surface area contributed by atoms with Crippen molar-refractivity contribution in [3.05, 3.63) is 22.4 Å². The highest BCUT2D eigenvalue weighted by Crippen LogP contribution is 2.08. The monoisotopic (exact) mass is 380 g/mol. The lowest BCUT2D eigenvalue weighted by Crippen LogP contribution is -2.51. The van der Waals surface area contributed by atoms with Gasteiger partial charge in [-0.3, -0.25) is 19.3 Å². The highest BCUT2D eigenvalue weighted by atomic mass is 32.1. The van der Waals surface area contributed by atoms with Crippen LogP contribution in [-0.4, -0.2) is 72.8 Å². The normalized spacial score (nSPS) is 15.1. The number of amides is 3. The van der Waals surface area contributed by atoms with Crippen LogP contribution in [0.15, 0.2) is 17.5 Å². The molecule has 2 rings (SSSR count). The SMILES string of the molecule is CC(C)NC(=O)CN1CCN(C(=O)CCCNC(=O)c2cccs2)CC1. The number of carbonyl (C=O) groups is 3. The molecule has 1 saturated heterocycles. The Morgan fingerprint density at radius 2 is 1.92 bits per heavy atom. The lowest BCUT2D eigenvalue weighted by Gasteiger charge is -2.34. The molecular formula is C18H28N4O3S. The van der Waals surface area contributed by atoms with Gasteiger partial charge in [0, 0.05) is 45.2 Å². The second-order valence-electron chi connectivity index (χ2n) is 6.72. The van der Waals surface area contributed by atoms with E-state index in [2.05, 4.69) is 15.5 Å². The van der Waals surface area contributed by atoms with E-state index in [-0.39, 0.29) is 23.8 Å². The van der Waals surface area contributed by atoms with Crippen LogP contribution in [0.5, 0.6) is 0 Å². The Balaban J connectivity index is 1.59. The van der Waals surface area contributed by atoms with Gasteiger partial charge in [-0.2, -0.15) is 0 Å². The Labute approximate surface area is 158 Å². The average molecular weight is 381 g/mol. The number of nitrogens with one attached hydrogen (secondary N) is 2. The molecule has 1 aliphatic rings. The highest BCUT2D eigenvalue weighted by Gasteiger charge is 2.22. The van der Waals surface area contributed by atoms with Crippen molar-refractivity contribution in [3.8, 4) is 0 Å². The maximum Gasteiger partial charge on any atom is 0.261 e. The first-order chi connectivity index (χ1) is 12.5. The van der Waals surface area contributed by atoms with Gasteiger partial charge in [-0.1, -0.05) is 6.07 Å². The molecule has 1 aromatic rings. The molecule has 3 amide bonds. The molecule has 26 heavy (non-hydrogen) atoms. The molecule has 8 heteroatoms. The zero-order valence-corrected chi connectivity index (χ0v) is 16.3. The molecule has 0 aromatic carbocycles. The van der Waals surface area contributed by atoms with Crippen LogP contribution in [0, 0.1) is 0 Å². The number of hydrogen-bond donors (Lipinski definition) is 2. The first kappa shape index (κ1) is 20.4. The van der Waals surface area contributed by atoms with E-state index in [0.29, 0.717) is 57.0 Å². The topological polar surface area (TPSA) is 81.8 Å². The second kappa shape index (κ2) is 10.3. The Morgan fingerprint density at radius 1 is 1.19 bits per heavy atom. The van der Waals surface area contributed by atoms with E-state index in [0.717, 1.165) is 0 Å². The summed E-state index contributed by atoms with van der Waals surface area (Å²) >= 11 is 1.41. The Bertz CT molecular complexity index is 596. The standard InChI is InChI=1S/C18H28N4O3S/c1-14(2)20-16(23)13-21-8-10-22(11-9-21)17(24)6-3-7-19-18(25)15-5-4-12-26-15/h4-5,12,14H,3,6-11,13H2,1-2H3,(H,19,25)(H,20,23). The van der Waals surface area contributed by atoms with Crippen molar-refractivity contribution in [1.82, 2.24) is 20.4 Å². The van der Waals surface area contributed by atoms with Gasteiger partial charge >= 0.3 is 0 Å². The first-order valence-electron chi connectivity index (χ1n) is 9.07. The predicted octanol–water partition coefficient (Wildman–Crippen LogP) is 0.927. The van der Waals surface area contributed by atoms with Crippen LogP contribution in [0.25, 0.3) is 0 Å². The van der Waals surface area contributed by atoms with Crippen molar-refractivity contribution in [3.63, 3.8) is 0 Å². The minimum absolute atomic E-state index is 0.0289. The van der Waals surface area contributed by atoms with Crippen LogP contribution in [0.1, 0.15) is 36.4 Å². The minimum atomic E-state index is -0.0827. The fourth-order valence-corrected chi connectivity index (χ4v) is 3.46. The molecule has 0 bridgehead atoms. The summed E-state index contributed by atoms with van der Waals surface area (Å²) in [6, 6.07) is 3.77. The van der Waals surface area contributed by atoms with Gasteiger partial charge in [-0.05, 0) is 31.7 Å². The van der Waals surface area contributed by atoms with Crippen LogP contribution in [0.3, 0.4) is 0 Å². The molecule has 7 nitrogen and oxygen atoms in total. The quantitative estimate of drug-likeness (QED) is 0.658. The third-order valence-corrected chi connectivity index (χ3v) is 5.01. The molecule has 1 fully saturated rings. The fraction of sp³-hybridized carbons (Fsp3) is 0.611. The van der Waals surface area contributed by atoms with Gasteiger partial charge in [-0.15, -0.1) is 11.3 Å². The predicted molar refractivity (Wildman–Crippen MR) is 102 cm³/mol. The Morgan fingerprint density at radius 3 is 2.54 bits per heavy atom. The number of nitrogens with zero attached hydrogens (tertiary/aromatic N) is 2. The number of thiophene rings is 1. The third kappa shape index (κ3) is 6.76. The fourth-order valence-electron chi connectivity index (χ4n) is 2.82. The minimum Gasteiger partial charge on any atom is -0.353 e. The summed E-state index contributed by atoms with van der Waals surface area (Å²) in [4.78, 5) is 40.5. The Kier molecular flexibility index (Phi) is 8.06. The molecule has 2 N–H and O–H groups in total. The van der Waals surface area contributed by atoms with Crippen molar-refractivity contribution in [1.29, 1.82) is 0 Å². The summed E-state index contributed by atoms with van der Waals surface area (Å²) in [5.74, 6) is 0.0589. The van der Waals surface area contributed by atoms with E-state index < -0.39 is 0 Å². The number of hydrogen-bond acceptors (Lipinski definition) is 5. The summed E-state index contributed by atoms with van der Waals surface area (Å²) in [6.45, 7) is 7.49. The molecule has 0 spiro atoms. The number of piperazine rings is 1. The Hall–Kier alpha value is -1.93. The summed E-state index contributed by atoms with van der Waals surface area (Å²) in [5.41, 5.74) is 0. The van der Waals surface area contributed by atoms with Gasteiger partial charge in [-0.25, -0.2) is 0 Å². The van der Waals surface area contributed by atoms with Gasteiger partial charge in [0.15, 0.2) is 0 Å². The van der Waals surface area contributed by atoms with Crippen molar-refractivity contribution in [2.75, 3.05) is 39.3 Å². The van der Waals surface area contributed by atoms with Crippen molar-refractivity contribution in [2.24, 2.45) is 0 Å². The van der Waals surface area contributed by atoms with Crippen LogP contribution in [0.4, 0.5) is 0 Å². The van der Waals surface area contributed by atoms with Crippen LogP contribution in [0.2, 0.25) is 0 Å². The molecule has 2 heterocycles. The number of carbonyl (C=O) groups excluding carboxylic acids is 3. The van der Waals surface area contributed by atoms with Gasteiger partial charge in [0.1, 0.15) is 0 Å². The zero-order chi connectivity index (χ0) is 18.9. The summed E-state index contributed by atoms with van der Waals surface area (Å²) < 4.78 is 0.